The Hall–Kier alpha value is -3.67. The van der Waals surface area contributed by atoms with Gasteiger partial charge in [-0.3, -0.25) is 9.78 Å². The summed E-state index contributed by atoms with van der Waals surface area (Å²) in [5.74, 6) is -0.323. The molecular weight excluding hydrogens is 389 g/mol. The molecule has 0 bridgehead atoms. The lowest BCUT2D eigenvalue weighted by atomic mass is 9.90. The highest BCUT2D eigenvalue weighted by atomic mass is 19.4. The fourth-order valence-corrected chi connectivity index (χ4v) is 3.48. The van der Waals surface area contributed by atoms with Gasteiger partial charge in [-0.2, -0.15) is 13.2 Å². The SMILES string of the molecule is Cc1ccc(-c2c(C(=O)c3ccccc3)cnc3c(C(F)(F)F)cccc23)cc1N. The Bertz CT molecular complexity index is 1260. The number of fused-ring (bicyclic) bond motifs is 1. The second kappa shape index (κ2) is 7.30. The van der Waals surface area contributed by atoms with Crippen molar-refractivity contribution < 1.29 is 18.0 Å². The molecule has 0 amide bonds. The molecule has 3 aromatic carbocycles. The van der Waals surface area contributed by atoms with Crippen molar-refractivity contribution in [3.05, 3.63) is 95.2 Å². The molecule has 6 heteroatoms. The highest BCUT2D eigenvalue weighted by Gasteiger charge is 2.34. The minimum Gasteiger partial charge on any atom is -0.398 e. The molecule has 30 heavy (non-hydrogen) atoms. The zero-order chi connectivity index (χ0) is 21.5. The van der Waals surface area contributed by atoms with Gasteiger partial charge in [-0.1, -0.05) is 54.6 Å². The van der Waals surface area contributed by atoms with Crippen LogP contribution in [-0.4, -0.2) is 10.8 Å². The van der Waals surface area contributed by atoms with Crippen molar-refractivity contribution in [3.63, 3.8) is 0 Å². The minimum atomic E-state index is -4.57. The van der Waals surface area contributed by atoms with Crippen LogP contribution in [0.5, 0.6) is 0 Å². The van der Waals surface area contributed by atoms with Gasteiger partial charge in [0.1, 0.15) is 0 Å². The Morgan fingerprint density at radius 1 is 0.967 bits per heavy atom. The van der Waals surface area contributed by atoms with Gasteiger partial charge in [0, 0.05) is 34.0 Å². The average molecular weight is 406 g/mol. The summed E-state index contributed by atoms with van der Waals surface area (Å²) >= 11 is 0. The number of pyridine rings is 1. The second-order valence-corrected chi connectivity index (χ2v) is 7.01. The van der Waals surface area contributed by atoms with Crippen molar-refractivity contribution in [1.82, 2.24) is 4.98 Å². The molecule has 0 aliphatic carbocycles. The molecule has 0 aliphatic heterocycles. The molecule has 1 heterocycles. The van der Waals surface area contributed by atoms with Crippen LogP contribution in [0.3, 0.4) is 0 Å². The fourth-order valence-electron chi connectivity index (χ4n) is 3.48. The molecule has 2 N–H and O–H groups in total. The third-order valence-electron chi connectivity index (χ3n) is 5.05. The lowest BCUT2D eigenvalue weighted by Gasteiger charge is -2.16. The van der Waals surface area contributed by atoms with Gasteiger partial charge in [0.2, 0.25) is 0 Å². The van der Waals surface area contributed by atoms with Gasteiger partial charge < -0.3 is 5.73 Å². The van der Waals surface area contributed by atoms with Gasteiger partial charge in [-0.05, 0) is 30.2 Å². The second-order valence-electron chi connectivity index (χ2n) is 7.01. The first-order valence-corrected chi connectivity index (χ1v) is 9.22. The van der Waals surface area contributed by atoms with Gasteiger partial charge in [-0.15, -0.1) is 0 Å². The molecule has 0 aliphatic rings. The summed E-state index contributed by atoms with van der Waals surface area (Å²) in [6.07, 6.45) is -3.35. The van der Waals surface area contributed by atoms with E-state index in [0.717, 1.165) is 11.6 Å². The van der Waals surface area contributed by atoms with Crippen molar-refractivity contribution in [2.75, 3.05) is 5.73 Å². The monoisotopic (exact) mass is 406 g/mol. The zero-order valence-electron chi connectivity index (χ0n) is 16.0. The lowest BCUT2D eigenvalue weighted by molar-refractivity contribution is -0.136. The normalized spacial score (nSPS) is 11.6. The van der Waals surface area contributed by atoms with Crippen molar-refractivity contribution in [1.29, 1.82) is 0 Å². The van der Waals surface area contributed by atoms with E-state index >= 15 is 0 Å². The summed E-state index contributed by atoms with van der Waals surface area (Å²) in [5, 5.41) is 0.245. The van der Waals surface area contributed by atoms with Gasteiger partial charge >= 0.3 is 6.18 Å². The first kappa shape index (κ1) is 19.6. The van der Waals surface area contributed by atoms with Crippen LogP contribution < -0.4 is 5.73 Å². The molecular formula is C24H17F3N2O. The number of para-hydroxylation sites is 1. The number of aromatic nitrogens is 1. The van der Waals surface area contributed by atoms with E-state index in [4.69, 9.17) is 5.73 Å². The Morgan fingerprint density at radius 2 is 1.70 bits per heavy atom. The fraction of sp³-hybridized carbons (Fsp3) is 0.0833. The summed E-state index contributed by atoms with van der Waals surface area (Å²) in [7, 11) is 0. The number of hydrogen-bond acceptors (Lipinski definition) is 3. The van der Waals surface area contributed by atoms with Crippen LogP contribution in [0.25, 0.3) is 22.0 Å². The van der Waals surface area contributed by atoms with E-state index in [2.05, 4.69) is 4.98 Å². The van der Waals surface area contributed by atoms with Gasteiger partial charge in [0.15, 0.2) is 5.78 Å². The zero-order valence-corrected chi connectivity index (χ0v) is 16.0. The lowest BCUT2D eigenvalue weighted by Crippen LogP contribution is -2.09. The van der Waals surface area contributed by atoms with E-state index in [0.29, 0.717) is 22.4 Å². The number of benzene rings is 3. The maximum absolute atomic E-state index is 13.6. The van der Waals surface area contributed by atoms with Crippen LogP contribution in [0.2, 0.25) is 0 Å². The quantitative estimate of drug-likeness (QED) is 0.333. The third-order valence-corrected chi connectivity index (χ3v) is 5.05. The summed E-state index contributed by atoms with van der Waals surface area (Å²) in [6.45, 7) is 1.83. The van der Waals surface area contributed by atoms with Crippen molar-refractivity contribution in [2.45, 2.75) is 13.1 Å². The van der Waals surface area contributed by atoms with Crippen molar-refractivity contribution >= 4 is 22.4 Å². The van der Waals surface area contributed by atoms with Crippen LogP contribution in [-0.2, 0) is 6.18 Å². The first-order chi connectivity index (χ1) is 14.3. The number of alkyl halides is 3. The van der Waals surface area contributed by atoms with Crippen LogP contribution in [0.4, 0.5) is 18.9 Å². The third kappa shape index (κ3) is 3.41. The maximum atomic E-state index is 13.6. The molecule has 1 aromatic heterocycles. The predicted octanol–water partition coefficient (Wildman–Crippen LogP) is 6.04. The number of carbonyl (C=O) groups is 1. The smallest absolute Gasteiger partial charge is 0.398 e. The molecule has 0 fully saturated rings. The first-order valence-electron chi connectivity index (χ1n) is 9.22. The molecule has 4 rings (SSSR count). The van der Waals surface area contributed by atoms with Crippen molar-refractivity contribution in [2.24, 2.45) is 0 Å². The van der Waals surface area contributed by atoms with E-state index < -0.39 is 11.7 Å². The summed E-state index contributed by atoms with van der Waals surface area (Å²) in [6, 6.07) is 17.6. The Kier molecular flexibility index (Phi) is 4.78. The average Bonchev–Trinajstić information content (AvgIpc) is 2.74. The maximum Gasteiger partial charge on any atom is 0.418 e. The number of halogens is 3. The van der Waals surface area contributed by atoms with Crippen LogP contribution in [0.15, 0.2) is 72.9 Å². The molecule has 0 unspecified atom stereocenters. The number of nitrogen functional groups attached to an aromatic ring is 1. The van der Waals surface area contributed by atoms with Crippen LogP contribution in [0.1, 0.15) is 27.0 Å². The molecule has 0 spiro atoms. The van der Waals surface area contributed by atoms with E-state index in [9.17, 15) is 18.0 Å². The van der Waals surface area contributed by atoms with E-state index in [1.807, 2.05) is 6.92 Å². The predicted molar refractivity (Wildman–Crippen MR) is 111 cm³/mol. The van der Waals surface area contributed by atoms with E-state index in [1.54, 1.807) is 54.6 Å². The topological polar surface area (TPSA) is 56.0 Å². The highest BCUT2D eigenvalue weighted by Crippen LogP contribution is 2.39. The Morgan fingerprint density at radius 3 is 2.37 bits per heavy atom. The van der Waals surface area contributed by atoms with Crippen LogP contribution >= 0.6 is 0 Å². The summed E-state index contributed by atoms with van der Waals surface area (Å²) < 4.78 is 40.7. The Balaban J connectivity index is 2.07. The van der Waals surface area contributed by atoms with Gasteiger partial charge in [0.25, 0.3) is 0 Å². The number of carbonyl (C=O) groups excluding carboxylic acids is 1. The standard InChI is InChI=1S/C24H17F3N2O/c1-14-10-11-16(12-20(14)28)21-17-8-5-9-19(24(25,26)27)22(17)29-13-18(21)23(30)15-6-3-2-4-7-15/h2-13H,28H2,1H3. The molecule has 4 aromatic rings. The van der Waals surface area contributed by atoms with Crippen LogP contribution in [0, 0.1) is 6.92 Å². The van der Waals surface area contributed by atoms with Gasteiger partial charge in [-0.25, -0.2) is 0 Å². The molecule has 0 atom stereocenters. The minimum absolute atomic E-state index is 0.205. The number of aryl methyl sites for hydroxylation is 1. The molecule has 3 nitrogen and oxygen atoms in total. The van der Waals surface area contributed by atoms with Gasteiger partial charge in [0.05, 0.1) is 11.1 Å². The largest absolute Gasteiger partial charge is 0.418 e. The number of nitrogens with two attached hydrogens (primary N) is 1. The highest BCUT2D eigenvalue weighted by molar-refractivity contribution is 6.16. The number of hydrogen-bond donors (Lipinski definition) is 1. The van der Waals surface area contributed by atoms with Crippen molar-refractivity contribution in [3.8, 4) is 11.1 Å². The Labute approximate surface area is 171 Å². The number of anilines is 1. The molecule has 0 saturated heterocycles. The number of nitrogens with zero attached hydrogens (tertiary/aromatic N) is 1. The molecule has 150 valence electrons. The number of ketones is 1. The molecule has 0 radical (unpaired) electrons. The van der Waals surface area contributed by atoms with E-state index in [1.165, 1.54) is 12.3 Å². The van der Waals surface area contributed by atoms with E-state index in [-0.39, 0.29) is 22.2 Å². The summed E-state index contributed by atoms with van der Waals surface area (Å²) in [5.41, 5.74) is 7.91. The molecule has 0 saturated carbocycles. The summed E-state index contributed by atoms with van der Waals surface area (Å²) in [4.78, 5) is 17.3. The number of rotatable bonds is 3.